The summed E-state index contributed by atoms with van der Waals surface area (Å²) in [6.07, 6.45) is 11.1. The van der Waals surface area contributed by atoms with Crippen molar-refractivity contribution in [1.29, 1.82) is 0 Å². The number of hydrogen-bond donors (Lipinski definition) is 1. The van der Waals surface area contributed by atoms with Crippen molar-refractivity contribution in [3.8, 4) is 0 Å². The maximum Gasteiger partial charge on any atom is 0.0522 e. The Morgan fingerprint density at radius 3 is 2.65 bits per heavy atom. The Morgan fingerprint density at radius 1 is 1.20 bits per heavy atom. The van der Waals surface area contributed by atoms with Gasteiger partial charge in [0.15, 0.2) is 0 Å². The van der Waals surface area contributed by atoms with Crippen LogP contribution in [0.2, 0.25) is 0 Å². The minimum Gasteiger partial charge on any atom is -0.314 e. The third kappa shape index (κ3) is 4.46. The highest BCUT2D eigenvalue weighted by Gasteiger charge is 2.10. The zero-order chi connectivity index (χ0) is 14.2. The van der Waals surface area contributed by atoms with E-state index in [4.69, 9.17) is 0 Å². The zero-order valence-electron chi connectivity index (χ0n) is 12.4. The van der Waals surface area contributed by atoms with Crippen LogP contribution < -0.4 is 5.32 Å². The second-order valence-corrected chi connectivity index (χ2v) is 5.06. The third-order valence-corrected chi connectivity index (χ3v) is 3.52. The summed E-state index contributed by atoms with van der Waals surface area (Å²) in [5.74, 6) is 0. The van der Waals surface area contributed by atoms with Gasteiger partial charge in [0.25, 0.3) is 0 Å². The molecule has 4 heteroatoms. The molecule has 0 aromatic carbocycles. The lowest BCUT2D eigenvalue weighted by molar-refractivity contribution is 0.490. The molecule has 0 radical (unpaired) electrons. The normalized spacial score (nSPS) is 12.5. The molecule has 0 bridgehead atoms. The molecule has 0 saturated carbocycles. The molecule has 108 valence electrons. The number of pyridine rings is 1. The lowest BCUT2D eigenvalue weighted by Gasteiger charge is -2.17. The zero-order valence-corrected chi connectivity index (χ0v) is 12.4. The molecule has 0 aliphatic rings. The number of likely N-dealkylation sites (N-methyl/N-ethyl adjacent to an activating group) is 1. The average molecular weight is 272 g/mol. The standard InChI is InChI=1S/C16H24N4/c1-3-18-16(6-5-14-7-9-17-10-8-14)11-15-12-19-20(4-2)13-15/h7-10,12-13,16,18H,3-6,11H2,1-2H3. The average Bonchev–Trinajstić information content (AvgIpc) is 2.94. The summed E-state index contributed by atoms with van der Waals surface area (Å²) in [7, 11) is 0. The van der Waals surface area contributed by atoms with E-state index in [0.717, 1.165) is 32.4 Å². The predicted molar refractivity (Wildman–Crippen MR) is 81.6 cm³/mol. The van der Waals surface area contributed by atoms with Gasteiger partial charge in [-0.25, -0.2) is 0 Å². The maximum absolute atomic E-state index is 4.35. The minimum atomic E-state index is 0.502. The first kappa shape index (κ1) is 14.7. The highest BCUT2D eigenvalue weighted by atomic mass is 15.3. The lowest BCUT2D eigenvalue weighted by Crippen LogP contribution is -2.31. The van der Waals surface area contributed by atoms with Crippen LogP contribution in [0.15, 0.2) is 36.9 Å². The molecular weight excluding hydrogens is 248 g/mol. The van der Waals surface area contributed by atoms with Crippen LogP contribution in [-0.4, -0.2) is 27.4 Å². The van der Waals surface area contributed by atoms with Gasteiger partial charge in [0, 0.05) is 31.2 Å². The van der Waals surface area contributed by atoms with Crippen molar-refractivity contribution in [3.05, 3.63) is 48.0 Å². The topological polar surface area (TPSA) is 42.7 Å². The van der Waals surface area contributed by atoms with Crippen LogP contribution in [0.5, 0.6) is 0 Å². The van der Waals surface area contributed by atoms with Gasteiger partial charge in [0.2, 0.25) is 0 Å². The Kier molecular flexibility index (Phi) is 5.74. The molecule has 2 aromatic rings. The predicted octanol–water partition coefficient (Wildman–Crippen LogP) is 2.45. The minimum absolute atomic E-state index is 0.502. The second-order valence-electron chi connectivity index (χ2n) is 5.06. The summed E-state index contributed by atoms with van der Waals surface area (Å²) < 4.78 is 1.99. The first-order valence-electron chi connectivity index (χ1n) is 7.45. The fraction of sp³-hybridized carbons (Fsp3) is 0.500. The molecule has 0 spiro atoms. The monoisotopic (exact) mass is 272 g/mol. The SMILES string of the molecule is CCNC(CCc1ccncc1)Cc1cnn(CC)c1. The van der Waals surface area contributed by atoms with Crippen LogP contribution in [0.25, 0.3) is 0 Å². The number of aromatic nitrogens is 3. The van der Waals surface area contributed by atoms with Crippen LogP contribution in [0, 0.1) is 0 Å². The van der Waals surface area contributed by atoms with E-state index in [1.165, 1.54) is 11.1 Å². The van der Waals surface area contributed by atoms with E-state index >= 15 is 0 Å². The molecule has 1 atom stereocenters. The van der Waals surface area contributed by atoms with Crippen molar-refractivity contribution in [1.82, 2.24) is 20.1 Å². The van der Waals surface area contributed by atoms with E-state index in [1.807, 2.05) is 23.3 Å². The number of rotatable bonds is 8. The van der Waals surface area contributed by atoms with Gasteiger partial charge in [-0.15, -0.1) is 0 Å². The van der Waals surface area contributed by atoms with Crippen LogP contribution in [-0.2, 0) is 19.4 Å². The number of nitrogens with one attached hydrogen (secondary N) is 1. The summed E-state index contributed by atoms with van der Waals surface area (Å²) >= 11 is 0. The molecule has 0 fully saturated rings. The molecular formula is C16H24N4. The molecule has 0 aliphatic heterocycles. The van der Waals surface area contributed by atoms with Crippen LogP contribution >= 0.6 is 0 Å². The fourth-order valence-electron chi connectivity index (χ4n) is 2.42. The summed E-state index contributed by atoms with van der Waals surface area (Å²) in [6, 6.07) is 4.69. The van der Waals surface area contributed by atoms with Gasteiger partial charge >= 0.3 is 0 Å². The summed E-state index contributed by atoms with van der Waals surface area (Å²) in [4.78, 5) is 4.06. The molecule has 2 rings (SSSR count). The van der Waals surface area contributed by atoms with Gasteiger partial charge in [0.1, 0.15) is 0 Å². The molecule has 2 aromatic heterocycles. The largest absolute Gasteiger partial charge is 0.314 e. The molecule has 4 nitrogen and oxygen atoms in total. The van der Waals surface area contributed by atoms with Crippen LogP contribution in [0.3, 0.4) is 0 Å². The van der Waals surface area contributed by atoms with E-state index in [1.54, 1.807) is 0 Å². The van der Waals surface area contributed by atoms with Gasteiger partial charge in [-0.1, -0.05) is 6.92 Å². The van der Waals surface area contributed by atoms with Crippen LogP contribution in [0.1, 0.15) is 31.4 Å². The molecule has 1 unspecified atom stereocenters. The molecule has 2 heterocycles. The van der Waals surface area contributed by atoms with E-state index < -0.39 is 0 Å². The first-order valence-corrected chi connectivity index (χ1v) is 7.45. The Morgan fingerprint density at radius 2 is 2.00 bits per heavy atom. The lowest BCUT2D eigenvalue weighted by atomic mass is 10.0. The number of hydrogen-bond acceptors (Lipinski definition) is 3. The van der Waals surface area contributed by atoms with Crippen molar-refractivity contribution >= 4 is 0 Å². The van der Waals surface area contributed by atoms with Gasteiger partial charge in [-0.3, -0.25) is 9.67 Å². The Balaban J connectivity index is 1.89. The van der Waals surface area contributed by atoms with Crippen molar-refractivity contribution in [3.63, 3.8) is 0 Å². The third-order valence-electron chi connectivity index (χ3n) is 3.52. The van der Waals surface area contributed by atoms with E-state index in [-0.39, 0.29) is 0 Å². The Bertz CT molecular complexity index is 492. The van der Waals surface area contributed by atoms with E-state index in [2.05, 4.69) is 47.6 Å². The number of aryl methyl sites for hydroxylation is 2. The molecule has 20 heavy (non-hydrogen) atoms. The van der Waals surface area contributed by atoms with Crippen molar-refractivity contribution in [2.45, 2.75) is 45.7 Å². The van der Waals surface area contributed by atoms with Crippen molar-refractivity contribution in [2.24, 2.45) is 0 Å². The molecule has 0 saturated heterocycles. The van der Waals surface area contributed by atoms with E-state index in [9.17, 15) is 0 Å². The number of nitrogens with zero attached hydrogens (tertiary/aromatic N) is 3. The first-order chi connectivity index (χ1) is 9.81. The highest BCUT2D eigenvalue weighted by molar-refractivity contribution is 5.11. The summed E-state index contributed by atoms with van der Waals surface area (Å²) in [6.45, 7) is 6.21. The second kappa shape index (κ2) is 7.80. The fourth-order valence-corrected chi connectivity index (χ4v) is 2.42. The summed E-state index contributed by atoms with van der Waals surface area (Å²) in [5, 5.41) is 7.92. The van der Waals surface area contributed by atoms with Gasteiger partial charge in [-0.2, -0.15) is 5.10 Å². The van der Waals surface area contributed by atoms with Gasteiger partial charge in [-0.05, 0) is 56.0 Å². The van der Waals surface area contributed by atoms with Crippen molar-refractivity contribution in [2.75, 3.05) is 6.54 Å². The van der Waals surface area contributed by atoms with Crippen LogP contribution in [0.4, 0.5) is 0 Å². The molecule has 0 amide bonds. The molecule has 1 N–H and O–H groups in total. The van der Waals surface area contributed by atoms with Gasteiger partial charge in [0.05, 0.1) is 6.20 Å². The quantitative estimate of drug-likeness (QED) is 0.802. The Hall–Kier alpha value is -1.68. The van der Waals surface area contributed by atoms with Crippen molar-refractivity contribution < 1.29 is 0 Å². The van der Waals surface area contributed by atoms with E-state index in [0.29, 0.717) is 6.04 Å². The van der Waals surface area contributed by atoms with Gasteiger partial charge < -0.3 is 5.32 Å². The summed E-state index contributed by atoms with van der Waals surface area (Å²) in [5.41, 5.74) is 2.67. The maximum atomic E-state index is 4.35. The Labute approximate surface area is 121 Å². The highest BCUT2D eigenvalue weighted by Crippen LogP contribution is 2.09. The smallest absolute Gasteiger partial charge is 0.0522 e. The molecule has 0 aliphatic carbocycles.